The summed E-state index contributed by atoms with van der Waals surface area (Å²) < 4.78 is 26.7. The predicted molar refractivity (Wildman–Crippen MR) is 102 cm³/mol. The first-order chi connectivity index (χ1) is 13.0. The van der Waals surface area contributed by atoms with E-state index in [1.807, 2.05) is 0 Å². The van der Waals surface area contributed by atoms with Gasteiger partial charge in [-0.3, -0.25) is 14.2 Å². The monoisotopic (exact) mass is 389 g/mol. The quantitative estimate of drug-likeness (QED) is 0.788. The number of likely N-dealkylation sites (tertiary alicyclic amines) is 1. The molecule has 7 nitrogen and oxygen atoms in total. The highest BCUT2D eigenvalue weighted by atomic mass is 32.2. The van der Waals surface area contributed by atoms with E-state index in [4.69, 9.17) is 0 Å². The summed E-state index contributed by atoms with van der Waals surface area (Å²) in [7, 11) is -3.18. The first-order valence-electron chi connectivity index (χ1n) is 9.41. The molecule has 0 unspecified atom stereocenters. The average molecular weight is 389 g/mol. The smallest absolute Gasteiger partial charge is 0.261 e. The zero-order valence-electron chi connectivity index (χ0n) is 15.1. The van der Waals surface area contributed by atoms with Crippen molar-refractivity contribution < 1.29 is 13.2 Å². The molecule has 1 saturated carbocycles. The minimum atomic E-state index is -3.18. The predicted octanol–water partition coefficient (Wildman–Crippen LogP) is 1.35. The van der Waals surface area contributed by atoms with Gasteiger partial charge in [-0.05, 0) is 25.0 Å². The summed E-state index contributed by atoms with van der Waals surface area (Å²) in [6.45, 7) is 0.341. The van der Waals surface area contributed by atoms with Crippen LogP contribution in [0.4, 0.5) is 0 Å². The summed E-state index contributed by atoms with van der Waals surface area (Å²) in [5, 5.41) is -0.244. The molecule has 1 saturated heterocycles. The molecule has 0 spiro atoms. The molecule has 0 radical (unpaired) electrons. The van der Waals surface area contributed by atoms with Gasteiger partial charge in [0.2, 0.25) is 5.91 Å². The second-order valence-corrected chi connectivity index (χ2v) is 9.98. The summed E-state index contributed by atoms with van der Waals surface area (Å²) in [5.74, 6) is -0.246. The maximum absolute atomic E-state index is 12.7. The zero-order valence-corrected chi connectivity index (χ0v) is 15.9. The summed E-state index contributed by atoms with van der Waals surface area (Å²) in [6, 6.07) is 6.99. The minimum Gasteiger partial charge on any atom is -0.338 e. The molecule has 1 aromatic heterocycles. The van der Waals surface area contributed by atoms with Crippen molar-refractivity contribution in [2.24, 2.45) is 0 Å². The van der Waals surface area contributed by atoms with Gasteiger partial charge in [-0.15, -0.1) is 0 Å². The number of aromatic nitrogens is 2. The fraction of sp³-hybridized carbons (Fsp3) is 0.526. The molecular weight excluding hydrogens is 366 g/mol. The van der Waals surface area contributed by atoms with E-state index in [0.29, 0.717) is 10.9 Å². The van der Waals surface area contributed by atoms with Crippen molar-refractivity contribution in [3.63, 3.8) is 0 Å². The van der Waals surface area contributed by atoms with E-state index in [0.717, 1.165) is 32.1 Å². The number of hydrogen-bond donors (Lipinski definition) is 0. The van der Waals surface area contributed by atoms with Crippen molar-refractivity contribution in [3.05, 3.63) is 40.9 Å². The van der Waals surface area contributed by atoms with Gasteiger partial charge >= 0.3 is 0 Å². The fourth-order valence-corrected chi connectivity index (χ4v) is 6.29. The van der Waals surface area contributed by atoms with Gasteiger partial charge in [0.25, 0.3) is 5.56 Å². The Kier molecular flexibility index (Phi) is 4.75. The fourth-order valence-electron chi connectivity index (χ4n) is 3.98. The second kappa shape index (κ2) is 7.07. The van der Waals surface area contributed by atoms with E-state index in [1.165, 1.54) is 15.8 Å². The molecular formula is C19H23N3O4S. The van der Waals surface area contributed by atoms with Crippen molar-refractivity contribution in [1.29, 1.82) is 0 Å². The molecule has 1 aromatic carbocycles. The lowest BCUT2D eigenvalue weighted by Crippen LogP contribution is -2.59. The Morgan fingerprint density at radius 1 is 1.07 bits per heavy atom. The van der Waals surface area contributed by atoms with Gasteiger partial charge in [-0.25, -0.2) is 13.4 Å². The third kappa shape index (κ3) is 3.38. The number of rotatable bonds is 4. The standard InChI is InChI=1S/C19H23N3O4S/c23-18(12-22-13-20-17-9-5-4-8-16(17)19(22)24)21-10-15(11-21)27(25,26)14-6-2-1-3-7-14/h4-5,8-9,13-15H,1-3,6-7,10-12H2. The normalized spacial score (nSPS) is 19.2. The number of carbonyl (C=O) groups is 1. The lowest BCUT2D eigenvalue weighted by Gasteiger charge is -2.40. The van der Waals surface area contributed by atoms with Crippen LogP contribution in [0.25, 0.3) is 10.9 Å². The maximum atomic E-state index is 12.7. The van der Waals surface area contributed by atoms with E-state index < -0.39 is 15.1 Å². The molecule has 1 aliphatic carbocycles. The van der Waals surface area contributed by atoms with E-state index in [2.05, 4.69) is 4.98 Å². The highest BCUT2D eigenvalue weighted by molar-refractivity contribution is 7.92. The Morgan fingerprint density at radius 2 is 1.78 bits per heavy atom. The third-order valence-electron chi connectivity index (χ3n) is 5.72. The molecule has 0 atom stereocenters. The van der Waals surface area contributed by atoms with Crippen LogP contribution in [0.5, 0.6) is 0 Å². The molecule has 27 heavy (non-hydrogen) atoms. The average Bonchev–Trinajstić information content (AvgIpc) is 2.63. The molecule has 2 aliphatic rings. The number of hydrogen-bond acceptors (Lipinski definition) is 5. The molecule has 1 amide bonds. The Labute approximate surface area is 157 Å². The lowest BCUT2D eigenvalue weighted by molar-refractivity contribution is -0.135. The van der Waals surface area contributed by atoms with Crippen LogP contribution in [-0.4, -0.2) is 52.4 Å². The Hall–Kier alpha value is -2.22. The van der Waals surface area contributed by atoms with Gasteiger partial charge < -0.3 is 4.90 Å². The zero-order chi connectivity index (χ0) is 19.0. The largest absolute Gasteiger partial charge is 0.338 e. The molecule has 2 aromatic rings. The highest BCUT2D eigenvalue weighted by Gasteiger charge is 2.43. The molecule has 144 valence electrons. The summed E-state index contributed by atoms with van der Waals surface area (Å²) in [6.07, 6.45) is 5.90. The van der Waals surface area contributed by atoms with Crippen LogP contribution in [-0.2, 0) is 21.2 Å². The number of sulfone groups is 1. The molecule has 4 rings (SSSR count). The number of amides is 1. The van der Waals surface area contributed by atoms with Gasteiger partial charge in [0.15, 0.2) is 9.84 Å². The maximum Gasteiger partial charge on any atom is 0.261 e. The summed E-state index contributed by atoms with van der Waals surface area (Å²) in [5.41, 5.74) is 0.328. The number of fused-ring (bicyclic) bond motifs is 1. The SMILES string of the molecule is O=C(Cn1cnc2ccccc2c1=O)N1CC(S(=O)(=O)C2CCCCC2)C1. The number of benzene rings is 1. The van der Waals surface area contributed by atoms with Crippen molar-refractivity contribution >= 4 is 26.6 Å². The highest BCUT2D eigenvalue weighted by Crippen LogP contribution is 2.29. The Balaban J connectivity index is 1.41. The van der Waals surface area contributed by atoms with Gasteiger partial charge in [-0.1, -0.05) is 31.4 Å². The minimum absolute atomic E-state index is 0.118. The van der Waals surface area contributed by atoms with E-state index in [-0.39, 0.29) is 36.4 Å². The first-order valence-corrected chi connectivity index (χ1v) is 11.0. The van der Waals surface area contributed by atoms with Crippen LogP contribution in [0.1, 0.15) is 32.1 Å². The van der Waals surface area contributed by atoms with Gasteiger partial charge in [-0.2, -0.15) is 0 Å². The van der Waals surface area contributed by atoms with Crippen LogP contribution < -0.4 is 5.56 Å². The van der Waals surface area contributed by atoms with Crippen LogP contribution in [0.15, 0.2) is 35.4 Å². The Morgan fingerprint density at radius 3 is 2.52 bits per heavy atom. The Bertz CT molecular complexity index is 1020. The topological polar surface area (TPSA) is 89.3 Å². The van der Waals surface area contributed by atoms with E-state index in [9.17, 15) is 18.0 Å². The van der Waals surface area contributed by atoms with E-state index in [1.54, 1.807) is 24.3 Å². The van der Waals surface area contributed by atoms with Crippen molar-refractivity contribution in [2.45, 2.75) is 49.1 Å². The summed E-state index contributed by atoms with van der Waals surface area (Å²) in [4.78, 5) is 30.7. The van der Waals surface area contributed by atoms with Crippen molar-refractivity contribution in [2.75, 3.05) is 13.1 Å². The lowest BCUT2D eigenvalue weighted by atomic mass is 10.0. The third-order valence-corrected chi connectivity index (χ3v) is 8.35. The van der Waals surface area contributed by atoms with Crippen molar-refractivity contribution in [3.8, 4) is 0 Å². The van der Waals surface area contributed by atoms with Crippen LogP contribution in [0.3, 0.4) is 0 Å². The molecule has 2 heterocycles. The molecule has 0 bridgehead atoms. The molecule has 2 fully saturated rings. The van der Waals surface area contributed by atoms with Gasteiger partial charge in [0.1, 0.15) is 6.54 Å². The van der Waals surface area contributed by atoms with E-state index >= 15 is 0 Å². The second-order valence-electron chi connectivity index (χ2n) is 7.46. The van der Waals surface area contributed by atoms with Crippen LogP contribution >= 0.6 is 0 Å². The molecule has 0 N–H and O–H groups in total. The van der Waals surface area contributed by atoms with Gasteiger partial charge in [0, 0.05) is 13.1 Å². The van der Waals surface area contributed by atoms with Gasteiger partial charge in [0.05, 0.1) is 27.7 Å². The van der Waals surface area contributed by atoms with Crippen molar-refractivity contribution in [1.82, 2.24) is 14.5 Å². The number of nitrogens with zero attached hydrogens (tertiary/aromatic N) is 3. The first kappa shape index (κ1) is 18.2. The van der Waals surface area contributed by atoms with Crippen LogP contribution in [0.2, 0.25) is 0 Å². The summed E-state index contributed by atoms with van der Waals surface area (Å²) >= 11 is 0. The molecule has 1 aliphatic heterocycles. The molecule has 8 heteroatoms. The number of para-hydroxylation sites is 1. The number of carbonyl (C=O) groups excluding carboxylic acids is 1. The van der Waals surface area contributed by atoms with Crippen LogP contribution in [0, 0.1) is 0 Å².